The van der Waals surface area contributed by atoms with Crippen LogP contribution in [0.5, 0.6) is 0 Å². The van der Waals surface area contributed by atoms with Crippen LogP contribution in [-0.4, -0.2) is 15.0 Å². The normalized spacial score (nSPS) is 11.3. The molecule has 1 heterocycles. The zero-order valence-corrected chi connectivity index (χ0v) is 14.3. The number of rotatable bonds is 5. The second-order valence-corrected chi connectivity index (χ2v) is 5.77. The van der Waals surface area contributed by atoms with Crippen molar-refractivity contribution in [3.05, 3.63) is 70.8 Å². The smallest absolute Gasteiger partial charge is 0.350 e. The number of halogens is 5. The van der Waals surface area contributed by atoms with Crippen LogP contribution < -0.4 is 10.6 Å². The molecule has 0 fully saturated rings. The van der Waals surface area contributed by atoms with Gasteiger partial charge < -0.3 is 10.6 Å². The van der Waals surface area contributed by atoms with E-state index in [-0.39, 0.29) is 28.7 Å². The first kappa shape index (κ1) is 18.8. The fourth-order valence-corrected chi connectivity index (χ4v) is 2.33. The molecule has 0 saturated carbocycles. The minimum Gasteiger partial charge on any atom is -0.350 e. The topological polar surface area (TPSA) is 62.7 Å². The van der Waals surface area contributed by atoms with Gasteiger partial charge in [0, 0.05) is 12.2 Å². The van der Waals surface area contributed by atoms with E-state index in [9.17, 15) is 17.6 Å². The van der Waals surface area contributed by atoms with Gasteiger partial charge >= 0.3 is 6.18 Å². The lowest BCUT2D eigenvalue weighted by Crippen LogP contribution is -2.08. The Morgan fingerprint density at radius 2 is 1.63 bits per heavy atom. The van der Waals surface area contributed by atoms with E-state index in [1.54, 1.807) is 12.1 Å². The fraction of sp³-hybridized carbons (Fsp3) is 0.118. The van der Waals surface area contributed by atoms with Crippen LogP contribution in [0.3, 0.4) is 0 Å². The molecule has 0 bridgehead atoms. The Kier molecular flexibility index (Phi) is 5.41. The highest BCUT2D eigenvalue weighted by molar-refractivity contribution is 6.28. The van der Waals surface area contributed by atoms with E-state index in [0.717, 1.165) is 17.7 Å². The minimum atomic E-state index is -4.46. The van der Waals surface area contributed by atoms with Crippen LogP contribution in [0, 0.1) is 5.82 Å². The van der Waals surface area contributed by atoms with Crippen LogP contribution in [0.1, 0.15) is 11.1 Å². The van der Waals surface area contributed by atoms with Gasteiger partial charge in [-0.1, -0.05) is 18.2 Å². The molecule has 0 aliphatic rings. The SMILES string of the molecule is Fc1ccc(CNc2nc(Cl)nc(Nc3cccc(C(F)(F)F)c3)n2)cc1. The van der Waals surface area contributed by atoms with Crippen molar-refractivity contribution in [3.8, 4) is 0 Å². The summed E-state index contributed by atoms with van der Waals surface area (Å²) in [6.07, 6.45) is -4.46. The first-order chi connectivity index (χ1) is 12.8. The number of benzene rings is 2. The molecule has 0 spiro atoms. The van der Waals surface area contributed by atoms with Gasteiger partial charge in [-0.3, -0.25) is 0 Å². The molecule has 0 aliphatic carbocycles. The molecule has 2 N–H and O–H groups in total. The molecule has 3 rings (SSSR count). The number of anilines is 3. The van der Waals surface area contributed by atoms with Crippen molar-refractivity contribution in [2.24, 2.45) is 0 Å². The van der Waals surface area contributed by atoms with Crippen molar-refractivity contribution in [1.82, 2.24) is 15.0 Å². The van der Waals surface area contributed by atoms with Gasteiger partial charge in [0.15, 0.2) is 0 Å². The average Bonchev–Trinajstić information content (AvgIpc) is 2.60. The number of aromatic nitrogens is 3. The lowest BCUT2D eigenvalue weighted by molar-refractivity contribution is -0.137. The molecule has 27 heavy (non-hydrogen) atoms. The molecule has 1 aromatic heterocycles. The van der Waals surface area contributed by atoms with Crippen molar-refractivity contribution in [3.63, 3.8) is 0 Å². The Labute approximate surface area is 156 Å². The highest BCUT2D eigenvalue weighted by atomic mass is 35.5. The Hall–Kier alpha value is -2.94. The third-order valence-electron chi connectivity index (χ3n) is 3.42. The maximum absolute atomic E-state index is 12.9. The summed E-state index contributed by atoms with van der Waals surface area (Å²) in [6.45, 7) is 0.295. The summed E-state index contributed by atoms with van der Waals surface area (Å²) in [7, 11) is 0. The van der Waals surface area contributed by atoms with E-state index in [1.165, 1.54) is 24.3 Å². The van der Waals surface area contributed by atoms with Crippen LogP contribution >= 0.6 is 11.6 Å². The summed E-state index contributed by atoms with van der Waals surface area (Å²) in [5, 5.41) is 5.42. The molecule has 0 aliphatic heterocycles. The fourth-order valence-electron chi connectivity index (χ4n) is 2.17. The molecule has 0 unspecified atom stereocenters. The molecular formula is C17H12ClF4N5. The van der Waals surface area contributed by atoms with Gasteiger partial charge in [0.1, 0.15) is 5.82 Å². The van der Waals surface area contributed by atoms with Gasteiger partial charge in [0.25, 0.3) is 0 Å². The molecule has 0 amide bonds. The summed E-state index contributed by atoms with van der Waals surface area (Å²) in [6, 6.07) is 10.4. The number of nitrogens with one attached hydrogen (secondary N) is 2. The molecular weight excluding hydrogens is 386 g/mol. The van der Waals surface area contributed by atoms with Gasteiger partial charge in [-0.2, -0.15) is 28.1 Å². The number of hydrogen-bond acceptors (Lipinski definition) is 5. The van der Waals surface area contributed by atoms with Crippen LogP contribution in [0.4, 0.5) is 35.1 Å². The number of alkyl halides is 3. The van der Waals surface area contributed by atoms with Gasteiger partial charge in [0.05, 0.1) is 5.56 Å². The monoisotopic (exact) mass is 397 g/mol. The second kappa shape index (κ2) is 7.75. The Bertz CT molecular complexity index is 931. The summed E-state index contributed by atoms with van der Waals surface area (Å²) in [5.41, 5.74) is 0.124. The van der Waals surface area contributed by atoms with Gasteiger partial charge in [0.2, 0.25) is 17.2 Å². The largest absolute Gasteiger partial charge is 0.416 e. The molecule has 0 atom stereocenters. The molecule has 0 radical (unpaired) electrons. The van der Waals surface area contributed by atoms with Gasteiger partial charge in [-0.25, -0.2) is 4.39 Å². The van der Waals surface area contributed by atoms with E-state index in [0.29, 0.717) is 6.54 Å². The lowest BCUT2D eigenvalue weighted by Gasteiger charge is -2.11. The summed E-state index contributed by atoms with van der Waals surface area (Å²) in [5.74, 6) is -0.251. The Balaban J connectivity index is 1.74. The zero-order valence-electron chi connectivity index (χ0n) is 13.6. The van der Waals surface area contributed by atoms with Gasteiger partial charge in [-0.05, 0) is 47.5 Å². The number of nitrogens with zero attached hydrogens (tertiary/aromatic N) is 3. The van der Waals surface area contributed by atoms with Crippen molar-refractivity contribution in [2.45, 2.75) is 12.7 Å². The highest BCUT2D eigenvalue weighted by Crippen LogP contribution is 2.31. The average molecular weight is 398 g/mol. The first-order valence-corrected chi connectivity index (χ1v) is 8.01. The zero-order chi connectivity index (χ0) is 19.4. The Morgan fingerprint density at radius 3 is 2.33 bits per heavy atom. The summed E-state index contributed by atoms with van der Waals surface area (Å²) >= 11 is 5.85. The molecule has 140 valence electrons. The van der Waals surface area contributed by atoms with E-state index in [2.05, 4.69) is 25.6 Å². The summed E-state index contributed by atoms with van der Waals surface area (Å²) < 4.78 is 51.3. The van der Waals surface area contributed by atoms with Crippen LogP contribution in [0.2, 0.25) is 5.28 Å². The molecule has 2 aromatic carbocycles. The number of hydrogen-bond donors (Lipinski definition) is 2. The van der Waals surface area contributed by atoms with E-state index in [1.807, 2.05) is 0 Å². The molecule has 0 saturated heterocycles. The van der Waals surface area contributed by atoms with Crippen molar-refractivity contribution < 1.29 is 17.6 Å². The van der Waals surface area contributed by atoms with Crippen LogP contribution in [-0.2, 0) is 12.7 Å². The van der Waals surface area contributed by atoms with E-state index < -0.39 is 11.7 Å². The van der Waals surface area contributed by atoms with Gasteiger partial charge in [-0.15, -0.1) is 0 Å². The lowest BCUT2D eigenvalue weighted by atomic mass is 10.2. The van der Waals surface area contributed by atoms with Crippen LogP contribution in [0.25, 0.3) is 0 Å². The predicted octanol–water partition coefficient (Wildman–Crippen LogP) is 5.04. The first-order valence-electron chi connectivity index (χ1n) is 7.64. The third-order valence-corrected chi connectivity index (χ3v) is 3.59. The van der Waals surface area contributed by atoms with Crippen molar-refractivity contribution in [1.29, 1.82) is 0 Å². The standard InChI is InChI=1S/C17H12ClF4N5/c18-14-25-15(23-9-10-4-6-12(19)7-5-10)27-16(26-14)24-13-3-1-2-11(8-13)17(20,21)22/h1-8H,9H2,(H2,23,24,25,26,27). The molecule has 5 nitrogen and oxygen atoms in total. The highest BCUT2D eigenvalue weighted by Gasteiger charge is 2.30. The van der Waals surface area contributed by atoms with E-state index >= 15 is 0 Å². The van der Waals surface area contributed by atoms with Crippen molar-refractivity contribution in [2.75, 3.05) is 10.6 Å². The molecule has 3 aromatic rings. The maximum Gasteiger partial charge on any atom is 0.416 e. The minimum absolute atomic E-state index is 0.0177. The third kappa shape index (κ3) is 5.27. The second-order valence-electron chi connectivity index (χ2n) is 5.44. The quantitative estimate of drug-likeness (QED) is 0.591. The summed E-state index contributed by atoms with van der Waals surface area (Å²) in [4.78, 5) is 11.8. The molecule has 10 heteroatoms. The predicted molar refractivity (Wildman–Crippen MR) is 93.3 cm³/mol. The van der Waals surface area contributed by atoms with E-state index in [4.69, 9.17) is 11.6 Å². The maximum atomic E-state index is 12.9. The van der Waals surface area contributed by atoms with Crippen molar-refractivity contribution >= 4 is 29.2 Å². The Morgan fingerprint density at radius 1 is 0.926 bits per heavy atom. The van der Waals surface area contributed by atoms with Crippen LogP contribution in [0.15, 0.2) is 48.5 Å².